The monoisotopic (exact) mass is 310 g/mol. The third-order valence-electron chi connectivity index (χ3n) is 2.49. The minimum absolute atomic E-state index is 0.214. The van der Waals surface area contributed by atoms with Crippen molar-refractivity contribution in [2.75, 3.05) is 5.32 Å². The van der Waals surface area contributed by atoms with Crippen LogP contribution in [-0.2, 0) is 6.54 Å². The van der Waals surface area contributed by atoms with Crippen LogP contribution in [0.2, 0.25) is 4.47 Å². The van der Waals surface area contributed by atoms with Crippen molar-refractivity contribution < 1.29 is 9.59 Å². The first-order valence-electron chi connectivity index (χ1n) is 5.54. The zero-order chi connectivity index (χ0) is 14.7. The second-order valence-electron chi connectivity index (χ2n) is 3.96. The van der Waals surface area contributed by atoms with Crippen LogP contribution in [0.3, 0.4) is 0 Å². The van der Waals surface area contributed by atoms with Crippen LogP contribution in [0.1, 0.15) is 25.6 Å². The Morgan fingerprint density at radius 1 is 1.20 bits per heavy atom. The van der Waals surface area contributed by atoms with Gasteiger partial charge in [0.2, 0.25) is 11.8 Å². The van der Waals surface area contributed by atoms with Gasteiger partial charge >= 0.3 is 0 Å². The highest BCUT2D eigenvalue weighted by molar-refractivity contribution is 7.15. The number of hydrogen-bond donors (Lipinski definition) is 3. The Kier molecular flexibility index (Phi) is 4.21. The highest BCUT2D eigenvalue weighted by Gasteiger charge is 2.09. The average molecular weight is 311 g/mol. The molecular formula is C12H11ClN4O2S. The molecule has 5 N–H and O–H groups in total. The van der Waals surface area contributed by atoms with E-state index < -0.39 is 11.8 Å². The number of amides is 2. The lowest BCUT2D eigenvalue weighted by molar-refractivity contribution is 0.0999. The minimum atomic E-state index is -0.628. The quantitative estimate of drug-likeness (QED) is 0.778. The van der Waals surface area contributed by atoms with Gasteiger partial charge in [-0.3, -0.25) is 9.59 Å². The summed E-state index contributed by atoms with van der Waals surface area (Å²) < 4.78 is 0.450. The second-order valence-corrected chi connectivity index (χ2v) is 5.66. The molecule has 2 rings (SSSR count). The number of carbonyl (C=O) groups excluding carboxylic acids is 2. The largest absolute Gasteiger partial charge is 0.380 e. The van der Waals surface area contributed by atoms with Crippen LogP contribution < -0.4 is 16.8 Å². The Labute approximate surface area is 123 Å². The van der Waals surface area contributed by atoms with Crippen molar-refractivity contribution >= 4 is 40.4 Å². The summed E-state index contributed by atoms with van der Waals surface area (Å²) in [7, 11) is 0. The number of anilines is 1. The van der Waals surface area contributed by atoms with Gasteiger partial charge < -0.3 is 16.8 Å². The van der Waals surface area contributed by atoms with E-state index in [0.717, 1.165) is 4.88 Å². The summed E-state index contributed by atoms with van der Waals surface area (Å²) in [4.78, 5) is 27.3. The maximum absolute atomic E-state index is 11.2. The molecule has 0 saturated heterocycles. The highest BCUT2D eigenvalue weighted by atomic mass is 35.5. The fraction of sp³-hybridized carbons (Fsp3) is 0.0833. The molecule has 0 aliphatic heterocycles. The Balaban J connectivity index is 2.21. The van der Waals surface area contributed by atoms with E-state index in [-0.39, 0.29) is 11.1 Å². The van der Waals surface area contributed by atoms with Gasteiger partial charge in [0.15, 0.2) is 4.47 Å². The summed E-state index contributed by atoms with van der Waals surface area (Å²) in [5, 5.41) is 3.06. The Morgan fingerprint density at radius 2 is 1.80 bits per heavy atom. The molecule has 0 saturated carbocycles. The smallest absolute Gasteiger partial charge is 0.248 e. The van der Waals surface area contributed by atoms with Crippen molar-refractivity contribution in [3.8, 4) is 0 Å². The third kappa shape index (κ3) is 3.46. The first-order valence-corrected chi connectivity index (χ1v) is 6.74. The Morgan fingerprint density at radius 3 is 2.25 bits per heavy atom. The second kappa shape index (κ2) is 5.89. The lowest BCUT2D eigenvalue weighted by Crippen LogP contribution is -2.16. The molecule has 0 radical (unpaired) electrons. The number of hydrogen-bond acceptors (Lipinski definition) is 5. The van der Waals surface area contributed by atoms with Crippen LogP contribution in [0.25, 0.3) is 0 Å². The van der Waals surface area contributed by atoms with Gasteiger partial charge in [0.1, 0.15) is 0 Å². The molecule has 2 amide bonds. The SMILES string of the molecule is NC(=O)c1cc(NCc2cnc(Cl)s2)cc(C(N)=O)c1. The number of benzene rings is 1. The van der Waals surface area contributed by atoms with Gasteiger partial charge in [-0.15, -0.1) is 11.3 Å². The molecule has 2 aromatic rings. The Hall–Kier alpha value is -2.12. The molecule has 0 bridgehead atoms. The molecule has 1 aromatic heterocycles. The lowest BCUT2D eigenvalue weighted by atomic mass is 10.1. The van der Waals surface area contributed by atoms with E-state index in [4.69, 9.17) is 23.1 Å². The average Bonchev–Trinajstić information content (AvgIpc) is 2.81. The first kappa shape index (κ1) is 14.3. The summed E-state index contributed by atoms with van der Waals surface area (Å²) in [5.74, 6) is -1.26. The van der Waals surface area contributed by atoms with Crippen LogP contribution in [0.4, 0.5) is 5.69 Å². The lowest BCUT2D eigenvalue weighted by Gasteiger charge is -2.08. The standard InChI is InChI=1S/C12H11ClN4O2S/c13-12-17-5-9(20-12)4-16-8-2-6(10(14)18)1-7(3-8)11(15)19/h1-3,5,16H,4H2,(H2,14,18)(H2,15,19). The van der Waals surface area contributed by atoms with E-state index in [1.807, 2.05) is 0 Å². The molecule has 0 fully saturated rings. The van der Waals surface area contributed by atoms with Crippen LogP contribution in [0, 0.1) is 0 Å². The number of aromatic nitrogens is 1. The molecule has 1 aromatic carbocycles. The predicted octanol–water partition coefficient (Wildman–Crippen LogP) is 1.61. The number of carbonyl (C=O) groups is 2. The molecule has 0 atom stereocenters. The van der Waals surface area contributed by atoms with Gasteiger partial charge in [0, 0.05) is 27.9 Å². The number of nitrogens with zero attached hydrogens (tertiary/aromatic N) is 1. The van der Waals surface area contributed by atoms with Gasteiger partial charge in [-0.05, 0) is 18.2 Å². The molecule has 8 heteroatoms. The minimum Gasteiger partial charge on any atom is -0.380 e. The number of nitrogens with two attached hydrogens (primary N) is 2. The third-order valence-corrected chi connectivity index (χ3v) is 3.61. The molecule has 0 aliphatic carbocycles. The van der Waals surface area contributed by atoms with Crippen molar-refractivity contribution in [1.82, 2.24) is 4.98 Å². The van der Waals surface area contributed by atoms with Crippen molar-refractivity contribution in [3.63, 3.8) is 0 Å². The van der Waals surface area contributed by atoms with Crippen LogP contribution in [0.5, 0.6) is 0 Å². The number of primary amides is 2. The molecular weight excluding hydrogens is 300 g/mol. The molecule has 1 heterocycles. The van der Waals surface area contributed by atoms with Crippen LogP contribution in [-0.4, -0.2) is 16.8 Å². The summed E-state index contributed by atoms with van der Waals surface area (Å²) >= 11 is 7.07. The van der Waals surface area contributed by atoms with Gasteiger partial charge in [0.25, 0.3) is 0 Å². The zero-order valence-electron chi connectivity index (χ0n) is 10.2. The van der Waals surface area contributed by atoms with Crippen molar-refractivity contribution in [2.45, 2.75) is 6.54 Å². The van der Waals surface area contributed by atoms with Gasteiger partial charge in [-0.1, -0.05) is 11.6 Å². The van der Waals surface area contributed by atoms with E-state index in [1.54, 1.807) is 18.3 Å². The van der Waals surface area contributed by atoms with Gasteiger partial charge in [-0.2, -0.15) is 0 Å². The maximum atomic E-state index is 11.2. The first-order chi connectivity index (χ1) is 9.45. The van der Waals surface area contributed by atoms with E-state index in [0.29, 0.717) is 16.7 Å². The number of nitrogens with one attached hydrogen (secondary N) is 1. The van der Waals surface area contributed by atoms with E-state index >= 15 is 0 Å². The number of thiazole rings is 1. The summed E-state index contributed by atoms with van der Waals surface area (Å²) in [6.07, 6.45) is 1.65. The highest BCUT2D eigenvalue weighted by Crippen LogP contribution is 2.20. The zero-order valence-corrected chi connectivity index (χ0v) is 11.8. The molecule has 104 valence electrons. The predicted molar refractivity (Wildman–Crippen MR) is 77.9 cm³/mol. The molecule has 20 heavy (non-hydrogen) atoms. The fourth-order valence-electron chi connectivity index (χ4n) is 1.57. The van der Waals surface area contributed by atoms with Crippen molar-refractivity contribution in [2.24, 2.45) is 11.5 Å². The van der Waals surface area contributed by atoms with Crippen LogP contribution in [0.15, 0.2) is 24.4 Å². The van der Waals surface area contributed by atoms with Crippen molar-refractivity contribution in [3.05, 3.63) is 44.9 Å². The summed E-state index contributed by atoms with van der Waals surface area (Å²) in [6, 6.07) is 4.47. The van der Waals surface area contributed by atoms with Crippen molar-refractivity contribution in [1.29, 1.82) is 0 Å². The van der Waals surface area contributed by atoms with Crippen LogP contribution >= 0.6 is 22.9 Å². The molecule has 6 nitrogen and oxygen atoms in total. The fourth-order valence-corrected chi connectivity index (χ4v) is 2.49. The Bertz CT molecular complexity index is 639. The van der Waals surface area contributed by atoms with E-state index in [9.17, 15) is 9.59 Å². The summed E-state index contributed by atoms with van der Waals surface area (Å²) in [6.45, 7) is 0.463. The molecule has 0 aliphatic rings. The number of halogens is 1. The molecule has 0 spiro atoms. The van der Waals surface area contributed by atoms with E-state index in [2.05, 4.69) is 10.3 Å². The molecule has 0 unspecified atom stereocenters. The topological polar surface area (TPSA) is 111 Å². The normalized spacial score (nSPS) is 10.2. The number of rotatable bonds is 5. The van der Waals surface area contributed by atoms with Gasteiger partial charge in [0.05, 0.1) is 6.54 Å². The maximum Gasteiger partial charge on any atom is 0.248 e. The summed E-state index contributed by atoms with van der Waals surface area (Å²) in [5.41, 5.74) is 11.4. The van der Waals surface area contributed by atoms with E-state index in [1.165, 1.54) is 17.4 Å². The van der Waals surface area contributed by atoms with Gasteiger partial charge in [-0.25, -0.2) is 4.98 Å².